The highest BCUT2D eigenvalue weighted by atomic mass is 32.1. The van der Waals surface area contributed by atoms with Crippen LogP contribution in [0.15, 0.2) is 9.90 Å². The van der Waals surface area contributed by atoms with Gasteiger partial charge in [0.15, 0.2) is 5.82 Å². The highest BCUT2D eigenvalue weighted by Crippen LogP contribution is 2.37. The number of esters is 1. The zero-order valence-corrected chi connectivity index (χ0v) is 18.9. The molecule has 0 spiro atoms. The number of anilines is 1. The van der Waals surface area contributed by atoms with Crippen LogP contribution in [-0.2, 0) is 21.5 Å². The Kier molecular flexibility index (Phi) is 7.25. The summed E-state index contributed by atoms with van der Waals surface area (Å²) in [6.07, 6.45) is 4.53. The number of carbonyl (C=O) groups excluding carboxylic acids is 2. The minimum Gasteiger partial charge on any atom is -0.462 e. The minimum atomic E-state index is -0.447. The molecule has 1 fully saturated rings. The first kappa shape index (κ1) is 22.4. The zero-order valence-electron chi connectivity index (χ0n) is 18.0. The van der Waals surface area contributed by atoms with E-state index in [2.05, 4.69) is 34.6 Å². The summed E-state index contributed by atoms with van der Waals surface area (Å²) < 4.78 is 10.4. The van der Waals surface area contributed by atoms with Gasteiger partial charge in [0.05, 0.1) is 24.3 Å². The summed E-state index contributed by atoms with van der Waals surface area (Å²) in [7, 11) is 0. The summed E-state index contributed by atoms with van der Waals surface area (Å²) in [5.74, 6) is 0.890. The molecule has 1 aliphatic rings. The molecule has 2 aromatic rings. The van der Waals surface area contributed by atoms with Gasteiger partial charge in [0.2, 0.25) is 11.8 Å². The van der Waals surface area contributed by atoms with Crippen LogP contribution in [0.1, 0.15) is 74.1 Å². The van der Waals surface area contributed by atoms with E-state index < -0.39 is 11.5 Å². The van der Waals surface area contributed by atoms with Gasteiger partial charge in [0.25, 0.3) is 0 Å². The van der Waals surface area contributed by atoms with Crippen LogP contribution in [0, 0.1) is 12.8 Å². The molecule has 9 heteroatoms. The van der Waals surface area contributed by atoms with E-state index in [-0.39, 0.29) is 19.1 Å². The van der Waals surface area contributed by atoms with Crippen molar-refractivity contribution >= 4 is 28.2 Å². The molecule has 30 heavy (non-hydrogen) atoms. The van der Waals surface area contributed by atoms with Crippen LogP contribution in [0.25, 0.3) is 0 Å². The third kappa shape index (κ3) is 5.07. The van der Waals surface area contributed by atoms with Gasteiger partial charge in [-0.3, -0.25) is 10.1 Å². The lowest BCUT2D eigenvalue weighted by atomic mass is 9.96. The topological polar surface area (TPSA) is 106 Å². The molecule has 1 aliphatic carbocycles. The van der Waals surface area contributed by atoms with Crippen molar-refractivity contribution in [1.29, 1.82) is 0 Å². The average Bonchev–Trinajstić information content (AvgIpc) is 3.41. The molecule has 1 amide bonds. The highest BCUT2D eigenvalue weighted by molar-refractivity contribution is 7.15. The average molecular weight is 435 g/mol. The predicted molar refractivity (Wildman–Crippen MR) is 115 cm³/mol. The SMILES string of the molecule is CCOC(=O)c1c(CC(C)C)csc1NC(=O)CNC1(c2noc(C)n2)CCCC1. The maximum absolute atomic E-state index is 12.7. The Hall–Kier alpha value is -2.26. The number of carbonyl (C=O) groups is 2. The first-order valence-corrected chi connectivity index (χ1v) is 11.4. The maximum atomic E-state index is 12.7. The molecule has 0 aromatic carbocycles. The molecule has 0 unspecified atom stereocenters. The number of ether oxygens (including phenoxy) is 1. The number of aromatic nitrogens is 2. The van der Waals surface area contributed by atoms with Crippen LogP contribution in [0.4, 0.5) is 5.00 Å². The first-order valence-electron chi connectivity index (χ1n) is 10.5. The smallest absolute Gasteiger partial charge is 0.341 e. The number of thiophene rings is 1. The van der Waals surface area contributed by atoms with Crippen LogP contribution in [-0.4, -0.2) is 35.2 Å². The fraction of sp³-hybridized carbons (Fsp3) is 0.619. The van der Waals surface area contributed by atoms with Crippen molar-refractivity contribution in [3.63, 3.8) is 0 Å². The lowest BCUT2D eigenvalue weighted by Gasteiger charge is -2.26. The molecule has 2 heterocycles. The van der Waals surface area contributed by atoms with E-state index in [0.29, 0.717) is 28.2 Å². The van der Waals surface area contributed by atoms with Crippen molar-refractivity contribution in [3.05, 3.63) is 28.2 Å². The first-order chi connectivity index (χ1) is 14.3. The Labute approximate surface area is 180 Å². The minimum absolute atomic E-state index is 0.0905. The van der Waals surface area contributed by atoms with Crippen LogP contribution < -0.4 is 10.6 Å². The van der Waals surface area contributed by atoms with Gasteiger partial charge >= 0.3 is 5.97 Å². The van der Waals surface area contributed by atoms with Gasteiger partial charge < -0.3 is 14.6 Å². The molecule has 8 nitrogen and oxygen atoms in total. The molecule has 0 radical (unpaired) electrons. The van der Waals surface area contributed by atoms with Gasteiger partial charge in [-0.2, -0.15) is 4.98 Å². The van der Waals surface area contributed by atoms with Gasteiger partial charge in [0.1, 0.15) is 5.00 Å². The number of rotatable bonds is 9. The molecule has 2 N–H and O–H groups in total. The summed E-state index contributed by atoms with van der Waals surface area (Å²) in [5.41, 5.74) is 0.927. The largest absolute Gasteiger partial charge is 0.462 e. The Morgan fingerprint density at radius 1 is 1.33 bits per heavy atom. The Bertz CT molecular complexity index is 883. The third-order valence-electron chi connectivity index (χ3n) is 5.23. The van der Waals surface area contributed by atoms with Crippen LogP contribution in [0.3, 0.4) is 0 Å². The molecule has 2 aromatic heterocycles. The Morgan fingerprint density at radius 2 is 2.07 bits per heavy atom. The molecule has 3 rings (SSSR count). The predicted octanol–water partition coefficient (Wildman–Crippen LogP) is 3.81. The standard InChI is InChI=1S/C21H30N4O4S/c1-5-28-19(27)17-15(10-13(2)3)12-30-18(17)24-16(26)11-22-21(8-6-7-9-21)20-23-14(4)29-25-20/h12-13,22H,5-11H2,1-4H3,(H,24,26). The summed E-state index contributed by atoms with van der Waals surface area (Å²) in [6.45, 7) is 8.10. The Morgan fingerprint density at radius 3 is 2.67 bits per heavy atom. The normalized spacial score (nSPS) is 15.5. The maximum Gasteiger partial charge on any atom is 0.341 e. The van der Waals surface area contributed by atoms with Gasteiger partial charge in [0, 0.05) is 6.92 Å². The van der Waals surface area contributed by atoms with Crippen molar-refractivity contribution in [1.82, 2.24) is 15.5 Å². The number of aryl methyl sites for hydroxylation is 1. The van der Waals surface area contributed by atoms with E-state index in [9.17, 15) is 9.59 Å². The Balaban J connectivity index is 1.71. The lowest BCUT2D eigenvalue weighted by molar-refractivity contribution is -0.115. The highest BCUT2D eigenvalue weighted by Gasteiger charge is 2.39. The molecular formula is C21H30N4O4S. The van der Waals surface area contributed by atoms with E-state index in [4.69, 9.17) is 9.26 Å². The second kappa shape index (κ2) is 9.70. The number of amides is 1. The van der Waals surface area contributed by atoms with E-state index in [1.807, 2.05) is 5.38 Å². The summed E-state index contributed by atoms with van der Waals surface area (Å²) in [6, 6.07) is 0. The molecular weight excluding hydrogens is 404 g/mol. The van der Waals surface area contributed by atoms with Crippen molar-refractivity contribution in [2.24, 2.45) is 5.92 Å². The lowest BCUT2D eigenvalue weighted by Crippen LogP contribution is -2.44. The van der Waals surface area contributed by atoms with Crippen molar-refractivity contribution in [2.75, 3.05) is 18.5 Å². The number of hydrogen-bond acceptors (Lipinski definition) is 8. The number of hydrogen-bond donors (Lipinski definition) is 2. The fourth-order valence-corrected chi connectivity index (χ4v) is 4.85. The van der Waals surface area contributed by atoms with Gasteiger partial charge in [-0.15, -0.1) is 11.3 Å². The van der Waals surface area contributed by atoms with Crippen molar-refractivity contribution in [2.45, 2.75) is 65.3 Å². The van der Waals surface area contributed by atoms with Gasteiger partial charge in [-0.25, -0.2) is 4.79 Å². The molecule has 0 atom stereocenters. The van der Waals surface area contributed by atoms with Crippen molar-refractivity contribution in [3.8, 4) is 0 Å². The van der Waals surface area contributed by atoms with Crippen molar-refractivity contribution < 1.29 is 18.8 Å². The molecule has 1 saturated carbocycles. The van der Waals surface area contributed by atoms with E-state index in [1.54, 1.807) is 13.8 Å². The van der Waals surface area contributed by atoms with E-state index in [1.165, 1.54) is 11.3 Å². The fourth-order valence-electron chi connectivity index (χ4n) is 3.87. The molecule has 0 saturated heterocycles. The van der Waals surface area contributed by atoms with Crippen LogP contribution >= 0.6 is 11.3 Å². The quantitative estimate of drug-likeness (QED) is 0.578. The van der Waals surface area contributed by atoms with Crippen LogP contribution in [0.2, 0.25) is 0 Å². The van der Waals surface area contributed by atoms with E-state index >= 15 is 0 Å². The molecule has 164 valence electrons. The number of nitrogens with one attached hydrogen (secondary N) is 2. The second-order valence-corrected chi connectivity index (χ2v) is 8.99. The molecule has 0 bridgehead atoms. The number of nitrogens with zero attached hydrogens (tertiary/aromatic N) is 2. The third-order valence-corrected chi connectivity index (χ3v) is 6.17. The second-order valence-electron chi connectivity index (χ2n) is 8.11. The summed E-state index contributed by atoms with van der Waals surface area (Å²) in [4.78, 5) is 29.6. The van der Waals surface area contributed by atoms with E-state index in [0.717, 1.165) is 37.7 Å². The van der Waals surface area contributed by atoms with Crippen LogP contribution in [0.5, 0.6) is 0 Å². The van der Waals surface area contributed by atoms with Gasteiger partial charge in [-0.1, -0.05) is 31.8 Å². The summed E-state index contributed by atoms with van der Waals surface area (Å²) in [5, 5.41) is 12.8. The monoisotopic (exact) mass is 434 g/mol. The summed E-state index contributed by atoms with van der Waals surface area (Å²) >= 11 is 1.36. The molecule has 0 aliphatic heterocycles. The zero-order chi connectivity index (χ0) is 21.7. The van der Waals surface area contributed by atoms with Gasteiger partial charge in [-0.05, 0) is 43.0 Å².